The number of nitrogens with zero attached hydrogens (tertiary/aromatic N) is 2. The summed E-state index contributed by atoms with van der Waals surface area (Å²) in [5.74, 6) is -0.0487. The standard InChI is InChI=1S/C29H35ClN4O4/c1-18(2)20-11-13-21(14-12-20)34(26(36)16-15-25(35)31-24-17-19(3)38-33-24)27(28(37)32-29(4,5)6)22-9-7-8-10-23(22)30/h7-14,17-18,27H,15-16H2,1-6H3,(H,32,37)(H,31,33,35). The van der Waals surface area contributed by atoms with E-state index in [1.165, 1.54) is 4.90 Å². The van der Waals surface area contributed by atoms with Crippen LogP contribution in [0.4, 0.5) is 11.5 Å². The van der Waals surface area contributed by atoms with Crippen LogP contribution in [0.2, 0.25) is 5.02 Å². The first-order valence-electron chi connectivity index (χ1n) is 12.6. The van der Waals surface area contributed by atoms with Crippen molar-refractivity contribution in [2.45, 2.75) is 71.9 Å². The molecule has 0 saturated carbocycles. The summed E-state index contributed by atoms with van der Waals surface area (Å²) >= 11 is 6.56. The zero-order valence-electron chi connectivity index (χ0n) is 22.7. The predicted octanol–water partition coefficient (Wildman–Crippen LogP) is 6.17. The number of rotatable bonds is 9. The third-order valence-corrected chi connectivity index (χ3v) is 6.12. The van der Waals surface area contributed by atoms with Crippen molar-refractivity contribution in [3.05, 3.63) is 76.5 Å². The number of carbonyl (C=O) groups excluding carboxylic acids is 3. The van der Waals surface area contributed by atoms with Crippen LogP contribution in [0.3, 0.4) is 0 Å². The number of halogens is 1. The van der Waals surface area contributed by atoms with E-state index >= 15 is 0 Å². The minimum absolute atomic E-state index is 0.110. The van der Waals surface area contributed by atoms with Gasteiger partial charge in [0.15, 0.2) is 5.82 Å². The molecule has 3 rings (SSSR count). The molecule has 3 amide bonds. The molecular weight excluding hydrogens is 504 g/mol. The number of anilines is 2. The summed E-state index contributed by atoms with van der Waals surface area (Å²) in [5, 5.41) is 9.73. The van der Waals surface area contributed by atoms with Gasteiger partial charge in [0.2, 0.25) is 17.7 Å². The third kappa shape index (κ3) is 7.68. The van der Waals surface area contributed by atoms with Crippen molar-refractivity contribution in [3.8, 4) is 0 Å². The fraction of sp³-hybridized carbons (Fsp3) is 0.379. The Labute approximate surface area is 228 Å². The molecule has 0 aliphatic heterocycles. The number of benzene rings is 2. The van der Waals surface area contributed by atoms with E-state index in [2.05, 4.69) is 29.6 Å². The summed E-state index contributed by atoms with van der Waals surface area (Å²) < 4.78 is 4.97. The maximum atomic E-state index is 13.8. The molecule has 9 heteroatoms. The monoisotopic (exact) mass is 538 g/mol. The van der Waals surface area contributed by atoms with Crippen molar-refractivity contribution >= 4 is 40.8 Å². The third-order valence-electron chi connectivity index (χ3n) is 5.77. The lowest BCUT2D eigenvalue weighted by Crippen LogP contribution is -2.49. The maximum absolute atomic E-state index is 13.8. The number of aryl methyl sites for hydroxylation is 1. The molecule has 1 unspecified atom stereocenters. The van der Waals surface area contributed by atoms with Gasteiger partial charge in [0.25, 0.3) is 0 Å². The summed E-state index contributed by atoms with van der Waals surface area (Å²) in [6.45, 7) is 11.5. The second-order valence-corrected chi connectivity index (χ2v) is 11.0. The van der Waals surface area contributed by atoms with E-state index in [4.69, 9.17) is 16.1 Å². The zero-order chi connectivity index (χ0) is 28.0. The van der Waals surface area contributed by atoms with Gasteiger partial charge in [0, 0.05) is 40.7 Å². The lowest BCUT2D eigenvalue weighted by atomic mass is 9.98. The van der Waals surface area contributed by atoms with Crippen LogP contribution in [-0.4, -0.2) is 28.4 Å². The molecule has 202 valence electrons. The van der Waals surface area contributed by atoms with Crippen molar-refractivity contribution in [1.82, 2.24) is 10.5 Å². The van der Waals surface area contributed by atoms with Gasteiger partial charge in [-0.2, -0.15) is 0 Å². The van der Waals surface area contributed by atoms with Gasteiger partial charge in [-0.05, 0) is 57.4 Å². The lowest BCUT2D eigenvalue weighted by Gasteiger charge is -2.34. The van der Waals surface area contributed by atoms with Crippen molar-refractivity contribution in [1.29, 1.82) is 0 Å². The number of aromatic nitrogens is 1. The van der Waals surface area contributed by atoms with Crippen LogP contribution >= 0.6 is 11.6 Å². The Balaban J connectivity index is 1.99. The average molecular weight is 539 g/mol. The van der Waals surface area contributed by atoms with Crippen LogP contribution in [0, 0.1) is 6.92 Å². The molecule has 0 saturated heterocycles. The number of carbonyl (C=O) groups is 3. The molecule has 0 spiro atoms. The molecule has 0 aliphatic carbocycles. The van der Waals surface area contributed by atoms with Crippen LogP contribution in [0.15, 0.2) is 59.1 Å². The number of hydrogen-bond acceptors (Lipinski definition) is 5. The van der Waals surface area contributed by atoms with Gasteiger partial charge < -0.3 is 15.2 Å². The minimum atomic E-state index is -1.05. The molecule has 2 N–H and O–H groups in total. The maximum Gasteiger partial charge on any atom is 0.248 e. The van der Waals surface area contributed by atoms with Gasteiger partial charge in [0.05, 0.1) is 0 Å². The largest absolute Gasteiger partial charge is 0.360 e. The van der Waals surface area contributed by atoms with Gasteiger partial charge in [-0.1, -0.05) is 60.9 Å². The molecule has 0 bridgehead atoms. The van der Waals surface area contributed by atoms with Gasteiger partial charge in [-0.15, -0.1) is 0 Å². The first kappa shape index (κ1) is 28.9. The molecule has 8 nitrogen and oxygen atoms in total. The Kier molecular flexibility index (Phi) is 9.33. The Morgan fingerprint density at radius 3 is 2.24 bits per heavy atom. The molecule has 38 heavy (non-hydrogen) atoms. The molecule has 0 fully saturated rings. The van der Waals surface area contributed by atoms with Crippen LogP contribution in [0.1, 0.15) is 76.3 Å². The van der Waals surface area contributed by atoms with Gasteiger partial charge in [0.1, 0.15) is 11.8 Å². The van der Waals surface area contributed by atoms with Crippen molar-refractivity contribution < 1.29 is 18.9 Å². The SMILES string of the molecule is Cc1cc(NC(=O)CCC(=O)N(c2ccc(C(C)C)cc2)C(C(=O)NC(C)(C)C)c2ccccc2Cl)no1. The van der Waals surface area contributed by atoms with E-state index in [1.54, 1.807) is 37.3 Å². The summed E-state index contributed by atoms with van der Waals surface area (Å²) in [6, 6.07) is 15.0. The molecule has 1 atom stereocenters. The second kappa shape index (κ2) is 12.3. The number of hydrogen-bond donors (Lipinski definition) is 2. The predicted molar refractivity (Wildman–Crippen MR) is 149 cm³/mol. The molecule has 3 aromatic rings. The van der Waals surface area contributed by atoms with Gasteiger partial charge >= 0.3 is 0 Å². The summed E-state index contributed by atoms with van der Waals surface area (Å²) in [6.07, 6.45) is -0.250. The molecule has 2 aromatic carbocycles. The van der Waals surface area contributed by atoms with Gasteiger partial charge in [-0.3, -0.25) is 19.3 Å². The average Bonchev–Trinajstić information content (AvgIpc) is 3.24. The fourth-order valence-electron chi connectivity index (χ4n) is 3.96. The zero-order valence-corrected chi connectivity index (χ0v) is 23.4. The van der Waals surface area contributed by atoms with Crippen LogP contribution in [0.25, 0.3) is 0 Å². The highest BCUT2D eigenvalue weighted by molar-refractivity contribution is 6.31. The molecule has 1 aromatic heterocycles. The van der Waals surface area contributed by atoms with Crippen molar-refractivity contribution in [3.63, 3.8) is 0 Å². The highest BCUT2D eigenvalue weighted by atomic mass is 35.5. The highest BCUT2D eigenvalue weighted by Gasteiger charge is 2.35. The number of nitrogens with one attached hydrogen (secondary N) is 2. The van der Waals surface area contributed by atoms with Crippen molar-refractivity contribution in [2.75, 3.05) is 10.2 Å². The van der Waals surface area contributed by atoms with E-state index in [0.29, 0.717) is 28.0 Å². The quantitative estimate of drug-likeness (QED) is 0.339. The topological polar surface area (TPSA) is 105 Å². The highest BCUT2D eigenvalue weighted by Crippen LogP contribution is 2.34. The minimum Gasteiger partial charge on any atom is -0.360 e. The first-order valence-corrected chi connectivity index (χ1v) is 12.9. The van der Waals surface area contributed by atoms with E-state index in [9.17, 15) is 14.4 Å². The Hall–Kier alpha value is -3.65. The number of amides is 3. The normalized spacial score (nSPS) is 12.2. The lowest BCUT2D eigenvalue weighted by molar-refractivity contribution is -0.128. The van der Waals surface area contributed by atoms with Gasteiger partial charge in [-0.25, -0.2) is 0 Å². The Morgan fingerprint density at radius 1 is 1.03 bits per heavy atom. The molecule has 0 aliphatic rings. The van der Waals surface area contributed by atoms with Crippen LogP contribution in [-0.2, 0) is 14.4 Å². The van der Waals surface area contributed by atoms with E-state index < -0.39 is 23.4 Å². The second-order valence-electron chi connectivity index (χ2n) is 10.5. The van der Waals surface area contributed by atoms with E-state index in [0.717, 1.165) is 5.56 Å². The molecule has 0 radical (unpaired) electrons. The fourth-order valence-corrected chi connectivity index (χ4v) is 4.20. The molecular formula is C29H35ClN4O4. The van der Waals surface area contributed by atoms with Crippen molar-refractivity contribution in [2.24, 2.45) is 0 Å². The Bertz CT molecular complexity index is 1280. The molecule has 1 heterocycles. The Morgan fingerprint density at radius 2 is 1.68 bits per heavy atom. The summed E-state index contributed by atoms with van der Waals surface area (Å²) in [5.41, 5.74) is 1.56. The summed E-state index contributed by atoms with van der Waals surface area (Å²) in [4.78, 5) is 41.5. The van der Waals surface area contributed by atoms with Crippen LogP contribution < -0.4 is 15.5 Å². The smallest absolute Gasteiger partial charge is 0.248 e. The van der Waals surface area contributed by atoms with Crippen LogP contribution in [0.5, 0.6) is 0 Å². The first-order chi connectivity index (χ1) is 17.9. The summed E-state index contributed by atoms with van der Waals surface area (Å²) in [7, 11) is 0. The van der Waals surface area contributed by atoms with E-state index in [1.807, 2.05) is 45.0 Å². The van der Waals surface area contributed by atoms with E-state index in [-0.39, 0.29) is 24.6 Å².